The molecule has 0 heterocycles. The number of unbranched alkanes of at least 4 members (excludes halogenated alkanes) is 21. The number of likely N-dealkylation sites (N-methyl/N-ethyl adjacent to an activating group) is 1. The lowest BCUT2D eigenvalue weighted by molar-refractivity contribution is -0.870. The van der Waals surface area contributed by atoms with Gasteiger partial charge in [0.25, 0.3) is 7.82 Å². The number of nitrogens with zero attached hydrogens (tertiary/aromatic N) is 1. The molecule has 338 valence electrons. The van der Waals surface area contributed by atoms with Gasteiger partial charge in [-0.15, -0.1) is 0 Å². The number of aliphatic hydroxyl groups excluding tert-OH is 1. The normalized spacial score (nSPS) is 14.8. The SMILES string of the molecule is CC/C=C\C/C=C\C/C=C\C/C=C\CCCCCCC(=O)NC(COP(=O)([O-])OCC[N+](C)(C)C)C(O)/C=C/CCCCCCCCCCCCCCCCCCC. The molecule has 0 radical (unpaired) electrons. The standard InChI is InChI=1S/C49H91N2O6P/c1-6-8-10-12-14-16-18-20-22-24-25-27-28-30-32-34-36-38-40-42-48(52)47(46-57-58(54,55)56-45-44-51(3,4)5)50-49(53)43-41-39-37-35-33-31-29-26-23-21-19-17-15-13-11-9-7-2/h9,11,15,17,21,23,29,31,40,42,47-48,52H,6-8,10,12-14,16,18-20,22,24-28,30,32-39,41,43-46H2,1-5H3,(H-,50,53,54,55)/b11-9-,17-15-,23-21-,31-29-,42-40+. The van der Waals surface area contributed by atoms with E-state index in [9.17, 15) is 19.4 Å². The number of carbonyl (C=O) groups is 1. The molecule has 0 aromatic rings. The van der Waals surface area contributed by atoms with Crippen molar-refractivity contribution in [1.82, 2.24) is 5.32 Å². The number of allylic oxidation sites excluding steroid dienone is 9. The van der Waals surface area contributed by atoms with Gasteiger partial charge in [0.15, 0.2) is 0 Å². The second-order valence-corrected chi connectivity index (χ2v) is 18.5. The van der Waals surface area contributed by atoms with E-state index in [1.165, 1.54) is 96.3 Å². The summed E-state index contributed by atoms with van der Waals surface area (Å²) in [6.07, 6.45) is 52.7. The number of rotatable bonds is 42. The highest BCUT2D eigenvalue weighted by Gasteiger charge is 2.23. The van der Waals surface area contributed by atoms with E-state index in [0.717, 1.165) is 77.0 Å². The molecule has 3 atom stereocenters. The zero-order chi connectivity index (χ0) is 42.8. The third kappa shape index (κ3) is 42.3. The van der Waals surface area contributed by atoms with Crippen LogP contribution in [0.5, 0.6) is 0 Å². The third-order valence-corrected chi connectivity index (χ3v) is 11.2. The van der Waals surface area contributed by atoms with Gasteiger partial charge in [-0.3, -0.25) is 9.36 Å². The fourth-order valence-corrected chi connectivity index (χ4v) is 7.22. The highest BCUT2D eigenvalue weighted by molar-refractivity contribution is 7.45. The summed E-state index contributed by atoms with van der Waals surface area (Å²) in [5.41, 5.74) is 0. The van der Waals surface area contributed by atoms with Crippen molar-refractivity contribution in [2.24, 2.45) is 0 Å². The van der Waals surface area contributed by atoms with Gasteiger partial charge < -0.3 is 28.8 Å². The fourth-order valence-electron chi connectivity index (χ4n) is 6.50. The number of nitrogens with one attached hydrogen (secondary N) is 1. The zero-order valence-corrected chi connectivity index (χ0v) is 39.1. The van der Waals surface area contributed by atoms with Gasteiger partial charge in [-0.2, -0.15) is 0 Å². The van der Waals surface area contributed by atoms with E-state index in [1.54, 1.807) is 6.08 Å². The maximum Gasteiger partial charge on any atom is 0.268 e. The van der Waals surface area contributed by atoms with Gasteiger partial charge in [-0.25, -0.2) is 0 Å². The molecule has 9 heteroatoms. The molecule has 0 bridgehead atoms. The Hall–Kier alpha value is -1.80. The lowest BCUT2D eigenvalue weighted by Crippen LogP contribution is -2.45. The van der Waals surface area contributed by atoms with Crippen molar-refractivity contribution < 1.29 is 32.9 Å². The van der Waals surface area contributed by atoms with Crippen molar-refractivity contribution in [1.29, 1.82) is 0 Å². The minimum Gasteiger partial charge on any atom is -0.756 e. The van der Waals surface area contributed by atoms with Gasteiger partial charge in [-0.1, -0.05) is 190 Å². The highest BCUT2D eigenvalue weighted by Crippen LogP contribution is 2.38. The van der Waals surface area contributed by atoms with Crippen LogP contribution in [0.1, 0.15) is 194 Å². The Kier molecular flexibility index (Phi) is 39.3. The van der Waals surface area contributed by atoms with Crippen LogP contribution >= 0.6 is 7.82 Å². The lowest BCUT2D eigenvalue weighted by Gasteiger charge is -2.29. The number of amides is 1. The predicted molar refractivity (Wildman–Crippen MR) is 247 cm³/mol. The summed E-state index contributed by atoms with van der Waals surface area (Å²) >= 11 is 0. The molecule has 8 nitrogen and oxygen atoms in total. The van der Waals surface area contributed by atoms with Crippen LogP contribution in [0, 0.1) is 0 Å². The monoisotopic (exact) mass is 835 g/mol. The smallest absolute Gasteiger partial charge is 0.268 e. The summed E-state index contributed by atoms with van der Waals surface area (Å²) in [4.78, 5) is 25.3. The molecular formula is C49H91N2O6P. The van der Waals surface area contributed by atoms with E-state index < -0.39 is 26.6 Å². The Morgan fingerprint density at radius 3 is 1.53 bits per heavy atom. The molecule has 1 amide bonds. The van der Waals surface area contributed by atoms with Gasteiger partial charge >= 0.3 is 0 Å². The van der Waals surface area contributed by atoms with Crippen LogP contribution in [0.15, 0.2) is 60.8 Å². The molecule has 58 heavy (non-hydrogen) atoms. The third-order valence-electron chi connectivity index (χ3n) is 10.2. The van der Waals surface area contributed by atoms with Crippen molar-refractivity contribution in [2.75, 3.05) is 40.9 Å². The minimum atomic E-state index is -4.60. The first-order valence-corrected chi connectivity index (χ1v) is 25.1. The molecule has 0 saturated carbocycles. The summed E-state index contributed by atoms with van der Waals surface area (Å²) in [6.45, 7) is 4.51. The fraction of sp³-hybridized carbons (Fsp3) is 0.776. The van der Waals surface area contributed by atoms with Crippen LogP contribution in [-0.4, -0.2) is 68.5 Å². The largest absolute Gasteiger partial charge is 0.756 e. The predicted octanol–water partition coefficient (Wildman–Crippen LogP) is 12.8. The summed E-state index contributed by atoms with van der Waals surface area (Å²) in [7, 11) is 1.24. The number of phosphoric acid groups is 1. The summed E-state index contributed by atoms with van der Waals surface area (Å²) in [5.74, 6) is -0.222. The topological polar surface area (TPSA) is 108 Å². The Bertz CT molecular complexity index is 1130. The number of quaternary nitrogens is 1. The second kappa shape index (κ2) is 40.6. The van der Waals surface area contributed by atoms with Crippen LogP contribution in [0.2, 0.25) is 0 Å². The first-order chi connectivity index (χ1) is 28.0. The number of hydrogen-bond donors (Lipinski definition) is 2. The van der Waals surface area contributed by atoms with Gasteiger partial charge in [0, 0.05) is 6.42 Å². The molecule has 0 aliphatic heterocycles. The molecule has 2 N–H and O–H groups in total. The van der Waals surface area contributed by atoms with Crippen molar-refractivity contribution in [3.63, 3.8) is 0 Å². The molecule has 0 aromatic heterocycles. The number of phosphoric ester groups is 1. The second-order valence-electron chi connectivity index (χ2n) is 17.1. The first-order valence-electron chi connectivity index (χ1n) is 23.7. The van der Waals surface area contributed by atoms with E-state index in [0.29, 0.717) is 17.4 Å². The van der Waals surface area contributed by atoms with Gasteiger partial charge in [0.1, 0.15) is 13.2 Å². The molecule has 0 aliphatic carbocycles. The van der Waals surface area contributed by atoms with Gasteiger partial charge in [-0.05, 0) is 57.8 Å². The summed E-state index contributed by atoms with van der Waals surface area (Å²) < 4.78 is 23.2. The van der Waals surface area contributed by atoms with E-state index >= 15 is 0 Å². The van der Waals surface area contributed by atoms with Gasteiger partial charge in [0.2, 0.25) is 5.91 Å². The van der Waals surface area contributed by atoms with Crippen LogP contribution in [0.25, 0.3) is 0 Å². The zero-order valence-electron chi connectivity index (χ0n) is 38.2. The molecule has 3 unspecified atom stereocenters. The van der Waals surface area contributed by atoms with Crippen molar-refractivity contribution in [3.8, 4) is 0 Å². The van der Waals surface area contributed by atoms with Gasteiger partial charge in [0.05, 0.1) is 39.9 Å². The molecule has 0 saturated heterocycles. The maximum absolute atomic E-state index is 12.9. The average molecular weight is 835 g/mol. The summed E-state index contributed by atoms with van der Waals surface area (Å²) in [5, 5.41) is 13.8. The molecular weight excluding hydrogens is 744 g/mol. The number of aliphatic hydroxyl groups is 1. The average Bonchev–Trinajstić information content (AvgIpc) is 3.17. The molecule has 0 spiro atoms. The lowest BCUT2D eigenvalue weighted by atomic mass is 10.0. The quantitative estimate of drug-likeness (QED) is 0.0274. The molecule has 0 fully saturated rings. The van der Waals surface area contributed by atoms with Crippen molar-refractivity contribution >= 4 is 13.7 Å². The van der Waals surface area contributed by atoms with E-state index in [-0.39, 0.29) is 12.5 Å². The van der Waals surface area contributed by atoms with Crippen LogP contribution in [0.3, 0.4) is 0 Å². The number of hydrogen-bond acceptors (Lipinski definition) is 6. The minimum absolute atomic E-state index is 0.00853. The Morgan fingerprint density at radius 2 is 1.05 bits per heavy atom. The Balaban J connectivity index is 4.43. The van der Waals surface area contributed by atoms with E-state index in [4.69, 9.17) is 9.05 Å². The number of carbonyl (C=O) groups excluding carboxylic acids is 1. The maximum atomic E-state index is 12.9. The molecule has 0 rings (SSSR count). The highest BCUT2D eigenvalue weighted by atomic mass is 31.2. The van der Waals surface area contributed by atoms with Crippen molar-refractivity contribution in [2.45, 2.75) is 206 Å². The Labute approximate surface area is 358 Å². The summed E-state index contributed by atoms with van der Waals surface area (Å²) in [6, 6.07) is -0.901. The van der Waals surface area contributed by atoms with Crippen LogP contribution < -0.4 is 10.2 Å². The molecule has 0 aromatic carbocycles. The van der Waals surface area contributed by atoms with E-state index in [1.807, 2.05) is 27.2 Å². The van der Waals surface area contributed by atoms with Crippen LogP contribution in [-0.2, 0) is 18.4 Å². The van der Waals surface area contributed by atoms with E-state index in [2.05, 4.69) is 67.8 Å². The molecule has 0 aliphatic rings. The first kappa shape index (κ1) is 56.2. The Morgan fingerprint density at radius 1 is 0.621 bits per heavy atom. The van der Waals surface area contributed by atoms with Crippen molar-refractivity contribution in [3.05, 3.63) is 60.8 Å². The van der Waals surface area contributed by atoms with Crippen LogP contribution in [0.4, 0.5) is 0 Å².